The number of hydrogen-bond acceptors (Lipinski definition) is 2. The molecule has 6 atom stereocenters. The average Bonchev–Trinajstić information content (AvgIpc) is 2.93. The van der Waals surface area contributed by atoms with E-state index in [1.54, 1.807) is 0 Å². The third-order valence-corrected chi connectivity index (χ3v) is 7.85. The maximum absolute atomic E-state index is 12.0. The molecule has 0 aromatic carbocycles. The Bertz CT molecular complexity index is 525. The van der Waals surface area contributed by atoms with E-state index in [1.165, 1.54) is 5.57 Å². The Morgan fingerprint density at radius 3 is 2.77 bits per heavy atom. The van der Waals surface area contributed by atoms with Crippen molar-refractivity contribution in [2.45, 2.75) is 70.8 Å². The highest BCUT2D eigenvalue weighted by Crippen LogP contribution is 2.64. The van der Waals surface area contributed by atoms with E-state index in [9.17, 15) is 15.0 Å². The number of allylic oxidation sites excluding steroid dienone is 1. The molecule has 0 unspecified atom stereocenters. The second-order valence-corrected chi connectivity index (χ2v) is 8.55. The highest BCUT2D eigenvalue weighted by Gasteiger charge is 2.60. The lowest BCUT2D eigenvalue weighted by atomic mass is 9.48. The Balaban J connectivity index is 1.69. The first-order chi connectivity index (χ1) is 10.5. The standard InChI is InChI=1S/C19H28O3/c1-18-9-6-13(20)11-12(18)4-5-14-15(18)7-10-19(17(21)22)8-2-3-16(14)19/h4,13-16,20H,2-3,5-11H2,1H3,(H,21,22)/t13-,14+,15-,16-,18-,19+/m0/s1. The van der Waals surface area contributed by atoms with Gasteiger partial charge in [-0.05, 0) is 74.5 Å². The third-order valence-electron chi connectivity index (χ3n) is 7.85. The fourth-order valence-corrected chi connectivity index (χ4v) is 6.67. The number of aliphatic hydroxyl groups is 1. The number of carboxylic acid groups (broad SMARTS) is 1. The van der Waals surface area contributed by atoms with Crippen LogP contribution in [-0.2, 0) is 4.79 Å². The number of fused-ring (bicyclic) bond motifs is 5. The van der Waals surface area contributed by atoms with E-state index in [4.69, 9.17) is 0 Å². The molecule has 0 aromatic heterocycles. The zero-order chi connectivity index (χ0) is 15.5. The van der Waals surface area contributed by atoms with Gasteiger partial charge in [0, 0.05) is 0 Å². The van der Waals surface area contributed by atoms with Crippen molar-refractivity contribution in [3.63, 3.8) is 0 Å². The van der Waals surface area contributed by atoms with Crippen LogP contribution in [-0.4, -0.2) is 22.3 Å². The minimum Gasteiger partial charge on any atom is -0.481 e. The van der Waals surface area contributed by atoms with E-state index in [0.717, 1.165) is 57.8 Å². The van der Waals surface area contributed by atoms with Crippen molar-refractivity contribution in [1.29, 1.82) is 0 Å². The molecule has 122 valence electrons. The molecule has 0 aromatic rings. The molecular weight excluding hydrogens is 276 g/mol. The van der Waals surface area contributed by atoms with Gasteiger partial charge >= 0.3 is 5.97 Å². The summed E-state index contributed by atoms with van der Waals surface area (Å²) in [4.78, 5) is 12.0. The van der Waals surface area contributed by atoms with Crippen molar-refractivity contribution >= 4 is 5.97 Å². The first-order valence-electron chi connectivity index (χ1n) is 9.08. The number of rotatable bonds is 1. The number of aliphatic carboxylic acids is 1. The van der Waals surface area contributed by atoms with E-state index in [2.05, 4.69) is 13.0 Å². The molecular formula is C19H28O3. The minimum absolute atomic E-state index is 0.163. The normalized spacial score (nSPS) is 50.5. The van der Waals surface area contributed by atoms with Gasteiger partial charge in [0.2, 0.25) is 0 Å². The molecule has 0 bridgehead atoms. The second-order valence-electron chi connectivity index (χ2n) is 8.55. The molecule has 0 spiro atoms. The summed E-state index contributed by atoms with van der Waals surface area (Å²) in [6.07, 6.45) is 11.1. The van der Waals surface area contributed by atoms with Crippen molar-refractivity contribution < 1.29 is 15.0 Å². The molecule has 4 aliphatic rings. The van der Waals surface area contributed by atoms with Crippen LogP contribution in [0.5, 0.6) is 0 Å². The summed E-state index contributed by atoms with van der Waals surface area (Å²) in [6.45, 7) is 2.39. The van der Waals surface area contributed by atoms with Crippen molar-refractivity contribution in [2.24, 2.45) is 28.6 Å². The number of hydrogen-bond donors (Lipinski definition) is 2. The monoisotopic (exact) mass is 304 g/mol. The predicted octanol–water partition coefficient (Wildman–Crippen LogP) is 3.76. The van der Waals surface area contributed by atoms with E-state index in [1.807, 2.05) is 0 Å². The van der Waals surface area contributed by atoms with Crippen molar-refractivity contribution in [3.05, 3.63) is 11.6 Å². The van der Waals surface area contributed by atoms with E-state index >= 15 is 0 Å². The van der Waals surface area contributed by atoms with Crippen LogP contribution in [0.15, 0.2) is 11.6 Å². The number of carbonyl (C=O) groups is 1. The molecule has 0 aliphatic heterocycles. The van der Waals surface area contributed by atoms with Crippen molar-refractivity contribution in [3.8, 4) is 0 Å². The van der Waals surface area contributed by atoms with Crippen molar-refractivity contribution in [2.75, 3.05) is 0 Å². The van der Waals surface area contributed by atoms with Gasteiger partial charge in [0.25, 0.3) is 0 Å². The lowest BCUT2D eigenvalue weighted by molar-refractivity contribution is -0.159. The summed E-state index contributed by atoms with van der Waals surface area (Å²) in [6, 6.07) is 0. The van der Waals surface area contributed by atoms with Gasteiger partial charge in [-0.1, -0.05) is 25.0 Å². The molecule has 3 saturated carbocycles. The van der Waals surface area contributed by atoms with Gasteiger partial charge < -0.3 is 10.2 Å². The number of carboxylic acids is 1. The first-order valence-corrected chi connectivity index (χ1v) is 9.08. The summed E-state index contributed by atoms with van der Waals surface area (Å²) in [7, 11) is 0. The van der Waals surface area contributed by atoms with Crippen LogP contribution in [0.2, 0.25) is 0 Å². The van der Waals surface area contributed by atoms with Gasteiger partial charge in [-0.15, -0.1) is 0 Å². The van der Waals surface area contributed by atoms with Crippen LogP contribution in [0, 0.1) is 28.6 Å². The Hall–Kier alpha value is -0.830. The summed E-state index contributed by atoms with van der Waals surface area (Å²) < 4.78 is 0. The number of aliphatic hydroxyl groups excluding tert-OH is 1. The smallest absolute Gasteiger partial charge is 0.309 e. The Kier molecular flexibility index (Phi) is 3.24. The van der Waals surface area contributed by atoms with Crippen LogP contribution in [0.3, 0.4) is 0 Å². The molecule has 4 aliphatic carbocycles. The lowest BCUT2D eigenvalue weighted by Gasteiger charge is -2.56. The van der Waals surface area contributed by atoms with Crippen LogP contribution in [0.1, 0.15) is 64.7 Å². The molecule has 0 saturated heterocycles. The van der Waals surface area contributed by atoms with Gasteiger partial charge in [0.15, 0.2) is 0 Å². The van der Waals surface area contributed by atoms with Gasteiger partial charge in [-0.25, -0.2) is 0 Å². The van der Waals surface area contributed by atoms with Gasteiger partial charge in [-0.3, -0.25) is 4.79 Å². The van der Waals surface area contributed by atoms with Crippen LogP contribution >= 0.6 is 0 Å². The zero-order valence-corrected chi connectivity index (χ0v) is 13.6. The fraction of sp³-hybridized carbons (Fsp3) is 0.842. The SMILES string of the molecule is C[C@]12CC[C@H](O)CC1=CC[C@H]1[C@@H]3CCC[C@@]3(C(=O)O)CC[C@@H]12. The van der Waals surface area contributed by atoms with E-state index in [-0.39, 0.29) is 11.5 Å². The second kappa shape index (κ2) is 4.83. The fourth-order valence-electron chi connectivity index (χ4n) is 6.67. The average molecular weight is 304 g/mol. The maximum Gasteiger partial charge on any atom is 0.309 e. The Morgan fingerprint density at radius 2 is 2.00 bits per heavy atom. The molecule has 4 rings (SSSR count). The molecule has 0 heterocycles. The van der Waals surface area contributed by atoms with Crippen LogP contribution in [0.25, 0.3) is 0 Å². The highest BCUT2D eigenvalue weighted by molar-refractivity contribution is 5.75. The first kappa shape index (κ1) is 14.7. The zero-order valence-electron chi connectivity index (χ0n) is 13.6. The van der Waals surface area contributed by atoms with Gasteiger partial charge in [0.1, 0.15) is 0 Å². The molecule has 22 heavy (non-hydrogen) atoms. The van der Waals surface area contributed by atoms with E-state index in [0.29, 0.717) is 17.8 Å². The topological polar surface area (TPSA) is 57.5 Å². The van der Waals surface area contributed by atoms with Crippen LogP contribution < -0.4 is 0 Å². The molecule has 0 radical (unpaired) electrons. The summed E-state index contributed by atoms with van der Waals surface area (Å²) in [5, 5.41) is 19.9. The van der Waals surface area contributed by atoms with Gasteiger partial charge in [-0.2, -0.15) is 0 Å². The predicted molar refractivity (Wildman–Crippen MR) is 84.3 cm³/mol. The highest BCUT2D eigenvalue weighted by atomic mass is 16.4. The summed E-state index contributed by atoms with van der Waals surface area (Å²) in [5.74, 6) is 1.03. The Labute approximate surface area is 132 Å². The summed E-state index contributed by atoms with van der Waals surface area (Å²) >= 11 is 0. The van der Waals surface area contributed by atoms with Crippen molar-refractivity contribution in [1.82, 2.24) is 0 Å². The molecule has 2 N–H and O–H groups in total. The molecule has 3 heteroatoms. The quantitative estimate of drug-likeness (QED) is 0.725. The maximum atomic E-state index is 12.0. The molecule has 0 amide bonds. The third kappa shape index (κ3) is 1.81. The Morgan fingerprint density at radius 1 is 1.18 bits per heavy atom. The molecule has 3 fully saturated rings. The van der Waals surface area contributed by atoms with Crippen LogP contribution in [0.4, 0.5) is 0 Å². The van der Waals surface area contributed by atoms with Gasteiger partial charge in [0.05, 0.1) is 11.5 Å². The minimum atomic E-state index is -0.535. The summed E-state index contributed by atoms with van der Waals surface area (Å²) in [5.41, 5.74) is 1.26. The molecule has 3 nitrogen and oxygen atoms in total. The lowest BCUT2D eigenvalue weighted by Crippen LogP contribution is -2.52. The largest absolute Gasteiger partial charge is 0.481 e. The van der Waals surface area contributed by atoms with E-state index < -0.39 is 11.4 Å².